The fourth-order valence-corrected chi connectivity index (χ4v) is 2.29. The molecule has 1 aromatic carbocycles. The largest absolute Gasteiger partial charge is 0.486 e. The van der Waals surface area contributed by atoms with Gasteiger partial charge in [0, 0.05) is 24.7 Å². The topological polar surface area (TPSA) is 12.5 Å². The second kappa shape index (κ2) is 5.22. The first-order valence-electron chi connectivity index (χ1n) is 6.31. The second-order valence-electron chi connectivity index (χ2n) is 5.25. The van der Waals surface area contributed by atoms with Crippen LogP contribution in [-0.4, -0.2) is 31.1 Å². The molecule has 1 aliphatic rings. The summed E-state index contributed by atoms with van der Waals surface area (Å²) in [5.41, 5.74) is 0.599. The van der Waals surface area contributed by atoms with Crippen LogP contribution >= 0.6 is 0 Å². The molecule has 2 rings (SSSR count). The van der Waals surface area contributed by atoms with Gasteiger partial charge >= 0.3 is 0 Å². The Balaban J connectivity index is 2.25. The van der Waals surface area contributed by atoms with Crippen LogP contribution in [0.15, 0.2) is 12.1 Å². The molecule has 0 aromatic heterocycles. The van der Waals surface area contributed by atoms with Crippen LogP contribution < -0.4 is 4.74 Å². The summed E-state index contributed by atoms with van der Waals surface area (Å²) in [5, 5.41) is 0. The lowest BCUT2D eigenvalue weighted by molar-refractivity contribution is 0.196. The van der Waals surface area contributed by atoms with E-state index in [1.54, 1.807) is 0 Å². The predicted octanol–water partition coefficient (Wildman–Crippen LogP) is 3.17. The Hall–Kier alpha value is -1.16. The Morgan fingerprint density at radius 1 is 1.33 bits per heavy atom. The molecular weight excluding hydrogens is 236 g/mol. The van der Waals surface area contributed by atoms with E-state index in [1.807, 2.05) is 20.9 Å². The lowest BCUT2D eigenvalue weighted by atomic mass is 10.0. The van der Waals surface area contributed by atoms with Crippen molar-refractivity contribution in [2.45, 2.75) is 32.3 Å². The number of ether oxygens (including phenoxy) is 1. The molecule has 0 amide bonds. The molecule has 0 spiro atoms. The highest BCUT2D eigenvalue weighted by atomic mass is 19.1. The van der Waals surface area contributed by atoms with E-state index in [-0.39, 0.29) is 17.8 Å². The third-order valence-electron chi connectivity index (χ3n) is 3.29. The summed E-state index contributed by atoms with van der Waals surface area (Å²) in [7, 11) is 2.01. The second-order valence-corrected chi connectivity index (χ2v) is 5.25. The van der Waals surface area contributed by atoms with Crippen molar-refractivity contribution in [3.8, 4) is 5.75 Å². The van der Waals surface area contributed by atoms with Gasteiger partial charge in [0.15, 0.2) is 11.6 Å². The highest BCUT2D eigenvalue weighted by Crippen LogP contribution is 2.32. The van der Waals surface area contributed by atoms with Gasteiger partial charge in [-0.05, 0) is 25.5 Å². The molecule has 2 nitrogen and oxygen atoms in total. The van der Waals surface area contributed by atoms with Crippen LogP contribution in [0.3, 0.4) is 0 Å². The van der Waals surface area contributed by atoms with Gasteiger partial charge in [-0.1, -0.05) is 13.8 Å². The summed E-state index contributed by atoms with van der Waals surface area (Å²) in [6.07, 6.45) is 0.873. The van der Waals surface area contributed by atoms with Gasteiger partial charge in [0.25, 0.3) is 0 Å². The first-order valence-corrected chi connectivity index (χ1v) is 6.31. The van der Waals surface area contributed by atoms with Crippen LogP contribution in [0.2, 0.25) is 0 Å². The van der Waals surface area contributed by atoms with Crippen LogP contribution in [0, 0.1) is 11.6 Å². The molecule has 1 aromatic rings. The number of hydrogen-bond donors (Lipinski definition) is 0. The van der Waals surface area contributed by atoms with Crippen molar-refractivity contribution in [2.75, 3.05) is 20.1 Å². The Kier molecular flexibility index (Phi) is 3.85. The quantitative estimate of drug-likeness (QED) is 0.822. The summed E-state index contributed by atoms with van der Waals surface area (Å²) in [6, 6.07) is 2.25. The molecule has 100 valence electrons. The number of halogens is 2. The molecule has 4 heteroatoms. The van der Waals surface area contributed by atoms with Crippen molar-refractivity contribution >= 4 is 0 Å². The standard InChI is InChI=1S/C14H19F2NO/c1-9(2)12-6-10(15)7-13(16)14(12)18-11-4-5-17(3)8-11/h6-7,9,11H,4-5,8H2,1-3H3. The molecule has 1 unspecified atom stereocenters. The molecule has 0 bridgehead atoms. The maximum absolute atomic E-state index is 13.8. The van der Waals surface area contributed by atoms with Gasteiger partial charge in [0.1, 0.15) is 11.9 Å². The van der Waals surface area contributed by atoms with E-state index in [1.165, 1.54) is 6.07 Å². The van der Waals surface area contributed by atoms with Crippen molar-refractivity contribution in [3.63, 3.8) is 0 Å². The number of likely N-dealkylation sites (N-methyl/N-ethyl adjacent to an activating group) is 1. The van der Waals surface area contributed by atoms with Crippen molar-refractivity contribution in [3.05, 3.63) is 29.3 Å². The molecule has 0 saturated carbocycles. The van der Waals surface area contributed by atoms with Gasteiger partial charge in [-0.25, -0.2) is 8.78 Å². The number of likely N-dealkylation sites (tertiary alicyclic amines) is 1. The van der Waals surface area contributed by atoms with E-state index in [0.717, 1.165) is 25.6 Å². The van der Waals surface area contributed by atoms with Gasteiger partial charge in [-0.2, -0.15) is 0 Å². The zero-order valence-electron chi connectivity index (χ0n) is 11.0. The molecule has 0 N–H and O–H groups in total. The number of benzene rings is 1. The summed E-state index contributed by atoms with van der Waals surface area (Å²) >= 11 is 0. The lowest BCUT2D eigenvalue weighted by Crippen LogP contribution is -2.22. The van der Waals surface area contributed by atoms with Crippen LogP contribution in [0.4, 0.5) is 8.78 Å². The monoisotopic (exact) mass is 255 g/mol. The molecule has 1 atom stereocenters. The first kappa shape index (κ1) is 13.3. The van der Waals surface area contributed by atoms with Gasteiger partial charge in [0.05, 0.1) is 0 Å². The van der Waals surface area contributed by atoms with E-state index >= 15 is 0 Å². The maximum Gasteiger partial charge on any atom is 0.168 e. The number of nitrogens with zero attached hydrogens (tertiary/aromatic N) is 1. The molecule has 0 aliphatic carbocycles. The maximum atomic E-state index is 13.8. The Labute approximate surface area is 107 Å². The van der Waals surface area contributed by atoms with Gasteiger partial charge in [0.2, 0.25) is 0 Å². The van der Waals surface area contributed by atoms with Gasteiger partial charge in [-0.3, -0.25) is 0 Å². The lowest BCUT2D eigenvalue weighted by Gasteiger charge is -2.19. The predicted molar refractivity (Wildman–Crippen MR) is 67.0 cm³/mol. The third-order valence-corrected chi connectivity index (χ3v) is 3.29. The molecule has 1 fully saturated rings. The highest BCUT2D eigenvalue weighted by Gasteiger charge is 2.24. The van der Waals surface area contributed by atoms with Crippen LogP contribution in [-0.2, 0) is 0 Å². The first-order chi connectivity index (χ1) is 8.47. The van der Waals surface area contributed by atoms with E-state index in [2.05, 4.69) is 4.90 Å². The molecular formula is C14H19F2NO. The average molecular weight is 255 g/mol. The minimum Gasteiger partial charge on any atom is -0.486 e. The van der Waals surface area contributed by atoms with Crippen LogP contribution in [0.5, 0.6) is 5.75 Å². The summed E-state index contributed by atoms with van der Waals surface area (Å²) in [6.45, 7) is 5.54. The molecule has 1 saturated heterocycles. The summed E-state index contributed by atoms with van der Waals surface area (Å²) in [4.78, 5) is 2.14. The average Bonchev–Trinajstić information content (AvgIpc) is 2.67. The third kappa shape index (κ3) is 2.80. The Bertz CT molecular complexity index is 434. The SMILES string of the molecule is CC(C)c1cc(F)cc(F)c1OC1CCN(C)C1. The van der Waals surface area contributed by atoms with Crippen molar-refractivity contribution < 1.29 is 13.5 Å². The minimum absolute atomic E-state index is 0.00698. The van der Waals surface area contributed by atoms with E-state index < -0.39 is 11.6 Å². The fourth-order valence-electron chi connectivity index (χ4n) is 2.29. The van der Waals surface area contributed by atoms with E-state index in [0.29, 0.717) is 5.56 Å². The molecule has 0 radical (unpaired) electrons. The van der Waals surface area contributed by atoms with Crippen LogP contribution in [0.25, 0.3) is 0 Å². The van der Waals surface area contributed by atoms with Crippen molar-refractivity contribution in [1.82, 2.24) is 4.90 Å². The zero-order chi connectivity index (χ0) is 13.3. The summed E-state index contributed by atoms with van der Waals surface area (Å²) in [5.74, 6) is -0.906. The Morgan fingerprint density at radius 3 is 2.61 bits per heavy atom. The highest BCUT2D eigenvalue weighted by molar-refractivity contribution is 5.38. The molecule has 18 heavy (non-hydrogen) atoms. The number of hydrogen-bond acceptors (Lipinski definition) is 2. The van der Waals surface area contributed by atoms with Crippen LogP contribution in [0.1, 0.15) is 31.7 Å². The normalized spacial score (nSPS) is 20.7. The number of rotatable bonds is 3. The van der Waals surface area contributed by atoms with E-state index in [4.69, 9.17) is 4.74 Å². The smallest absolute Gasteiger partial charge is 0.168 e. The molecule has 1 heterocycles. The Morgan fingerprint density at radius 2 is 2.06 bits per heavy atom. The van der Waals surface area contributed by atoms with E-state index in [9.17, 15) is 8.78 Å². The fraction of sp³-hybridized carbons (Fsp3) is 0.571. The minimum atomic E-state index is -0.603. The summed E-state index contributed by atoms with van der Waals surface area (Å²) < 4.78 is 32.8. The van der Waals surface area contributed by atoms with Crippen molar-refractivity contribution in [1.29, 1.82) is 0 Å². The van der Waals surface area contributed by atoms with Gasteiger partial charge in [-0.15, -0.1) is 0 Å². The molecule has 1 aliphatic heterocycles. The van der Waals surface area contributed by atoms with Crippen molar-refractivity contribution in [2.24, 2.45) is 0 Å². The van der Waals surface area contributed by atoms with Gasteiger partial charge < -0.3 is 9.64 Å². The zero-order valence-corrected chi connectivity index (χ0v) is 11.0.